The van der Waals surface area contributed by atoms with E-state index < -0.39 is 34.9 Å². The lowest BCUT2D eigenvalue weighted by Gasteiger charge is -2.27. The molecule has 0 saturated heterocycles. The first-order valence-corrected chi connectivity index (χ1v) is 7.80. The average Bonchev–Trinajstić information content (AvgIpc) is 2.59. The zero-order valence-corrected chi connectivity index (χ0v) is 14.2. The molecule has 0 aromatic heterocycles. The van der Waals surface area contributed by atoms with Crippen molar-refractivity contribution in [2.75, 3.05) is 13.2 Å². The van der Waals surface area contributed by atoms with E-state index in [1.54, 1.807) is 6.07 Å². The molecule has 0 heterocycles. The molecule has 1 aromatic rings. The predicted octanol–water partition coefficient (Wildman–Crippen LogP) is -0.103. The van der Waals surface area contributed by atoms with Crippen molar-refractivity contribution in [2.24, 2.45) is 5.41 Å². The van der Waals surface area contributed by atoms with Gasteiger partial charge in [-0.15, -0.1) is 0 Å². The molecule has 7 nitrogen and oxygen atoms in total. The smallest absolute Gasteiger partial charge is 0.287 e. The zero-order chi connectivity index (χ0) is 19.0. The van der Waals surface area contributed by atoms with Gasteiger partial charge in [0, 0.05) is 30.5 Å². The molecule has 0 aliphatic heterocycles. The minimum Gasteiger partial charge on any atom is -0.396 e. The number of ketones is 1. The summed E-state index contributed by atoms with van der Waals surface area (Å²) in [6.07, 6.45) is -1.70. The van der Waals surface area contributed by atoms with E-state index in [0.717, 1.165) is 0 Å². The Labute approximate surface area is 145 Å². The standard InChI is InChI=1S/C17H23FN2O5/c1-17(2,10-21)14(23)16(25)19-8-7-13(22)15(24)20-9-11-5-3-4-6-12(11)18/h3-6,14,21,23H,7-10H2,1-2H3,(H,19,25)(H,20,24). The second kappa shape index (κ2) is 9.24. The Kier molecular flexibility index (Phi) is 7.66. The molecule has 0 aliphatic carbocycles. The van der Waals surface area contributed by atoms with Gasteiger partial charge in [-0.2, -0.15) is 0 Å². The number of aliphatic hydroxyl groups is 2. The minimum absolute atomic E-state index is 0.118. The lowest BCUT2D eigenvalue weighted by atomic mass is 9.87. The number of carbonyl (C=O) groups is 3. The highest BCUT2D eigenvalue weighted by Crippen LogP contribution is 2.19. The Morgan fingerprint density at radius 3 is 2.44 bits per heavy atom. The van der Waals surface area contributed by atoms with Gasteiger partial charge in [-0.3, -0.25) is 14.4 Å². The summed E-state index contributed by atoms with van der Waals surface area (Å²) in [5.41, 5.74) is -0.767. The van der Waals surface area contributed by atoms with Gasteiger partial charge in [0.1, 0.15) is 11.9 Å². The van der Waals surface area contributed by atoms with Crippen LogP contribution < -0.4 is 10.6 Å². The van der Waals surface area contributed by atoms with Gasteiger partial charge < -0.3 is 20.8 Å². The number of amides is 2. The van der Waals surface area contributed by atoms with E-state index in [-0.39, 0.29) is 31.7 Å². The summed E-state index contributed by atoms with van der Waals surface area (Å²) in [6, 6.07) is 5.87. The summed E-state index contributed by atoms with van der Waals surface area (Å²) < 4.78 is 13.4. The SMILES string of the molecule is CC(C)(CO)C(O)C(=O)NCCC(=O)C(=O)NCc1ccccc1F. The van der Waals surface area contributed by atoms with Gasteiger partial charge in [-0.1, -0.05) is 32.0 Å². The molecule has 0 saturated carbocycles. The second-order valence-electron chi connectivity index (χ2n) is 6.29. The number of carbonyl (C=O) groups excluding carboxylic acids is 3. The second-order valence-corrected chi connectivity index (χ2v) is 6.29. The number of aliphatic hydroxyl groups excluding tert-OH is 2. The van der Waals surface area contributed by atoms with Gasteiger partial charge >= 0.3 is 0 Å². The lowest BCUT2D eigenvalue weighted by molar-refractivity contribution is -0.139. The van der Waals surface area contributed by atoms with Crippen LogP contribution in [0.15, 0.2) is 24.3 Å². The third-order valence-corrected chi connectivity index (χ3v) is 3.70. The first-order valence-electron chi connectivity index (χ1n) is 7.80. The van der Waals surface area contributed by atoms with Crippen LogP contribution in [0.4, 0.5) is 4.39 Å². The van der Waals surface area contributed by atoms with Crippen LogP contribution in [-0.4, -0.2) is 47.1 Å². The van der Waals surface area contributed by atoms with Crippen molar-refractivity contribution in [1.82, 2.24) is 10.6 Å². The van der Waals surface area contributed by atoms with Crippen molar-refractivity contribution in [3.05, 3.63) is 35.6 Å². The average molecular weight is 354 g/mol. The largest absolute Gasteiger partial charge is 0.396 e. The summed E-state index contributed by atoms with van der Waals surface area (Å²) in [4.78, 5) is 35.1. The highest BCUT2D eigenvalue weighted by molar-refractivity contribution is 6.36. The molecule has 0 aliphatic rings. The lowest BCUT2D eigenvalue weighted by Crippen LogP contribution is -2.46. The molecule has 1 unspecified atom stereocenters. The van der Waals surface area contributed by atoms with Gasteiger partial charge in [0.25, 0.3) is 5.91 Å². The molecule has 138 valence electrons. The summed E-state index contributed by atoms with van der Waals surface area (Å²) in [5, 5.41) is 23.5. The zero-order valence-electron chi connectivity index (χ0n) is 14.2. The molecule has 0 bridgehead atoms. The number of hydrogen-bond donors (Lipinski definition) is 4. The number of Topliss-reactive ketones (excluding diaryl/α,β-unsaturated/α-hetero) is 1. The van der Waals surface area contributed by atoms with E-state index in [2.05, 4.69) is 10.6 Å². The van der Waals surface area contributed by atoms with Crippen LogP contribution in [0.3, 0.4) is 0 Å². The van der Waals surface area contributed by atoms with E-state index in [1.165, 1.54) is 32.0 Å². The number of rotatable bonds is 9. The number of halogens is 1. The summed E-state index contributed by atoms with van der Waals surface area (Å²) in [7, 11) is 0. The predicted molar refractivity (Wildman–Crippen MR) is 87.8 cm³/mol. The van der Waals surface area contributed by atoms with E-state index in [1.807, 2.05) is 0 Å². The van der Waals surface area contributed by atoms with Crippen LogP contribution >= 0.6 is 0 Å². The third kappa shape index (κ3) is 6.24. The first-order chi connectivity index (χ1) is 11.7. The number of nitrogens with one attached hydrogen (secondary N) is 2. The summed E-state index contributed by atoms with van der Waals surface area (Å²) in [6.45, 7) is 2.38. The molecular formula is C17H23FN2O5. The molecular weight excluding hydrogens is 331 g/mol. The molecule has 0 fully saturated rings. The maximum absolute atomic E-state index is 13.4. The monoisotopic (exact) mass is 354 g/mol. The summed E-state index contributed by atoms with van der Waals surface area (Å²) >= 11 is 0. The molecule has 4 N–H and O–H groups in total. The fourth-order valence-electron chi connectivity index (χ4n) is 1.87. The Morgan fingerprint density at radius 2 is 1.84 bits per heavy atom. The van der Waals surface area contributed by atoms with Crippen molar-refractivity contribution in [3.8, 4) is 0 Å². The molecule has 1 rings (SSSR count). The van der Waals surface area contributed by atoms with Crippen LogP contribution in [0, 0.1) is 11.2 Å². The molecule has 1 aromatic carbocycles. The van der Waals surface area contributed by atoms with E-state index >= 15 is 0 Å². The molecule has 0 radical (unpaired) electrons. The fourth-order valence-corrected chi connectivity index (χ4v) is 1.87. The van der Waals surface area contributed by atoms with Crippen molar-refractivity contribution >= 4 is 17.6 Å². The van der Waals surface area contributed by atoms with Crippen molar-refractivity contribution in [2.45, 2.75) is 32.9 Å². The van der Waals surface area contributed by atoms with Crippen molar-refractivity contribution in [1.29, 1.82) is 0 Å². The minimum atomic E-state index is -1.44. The highest BCUT2D eigenvalue weighted by atomic mass is 19.1. The number of hydrogen-bond acceptors (Lipinski definition) is 5. The van der Waals surface area contributed by atoms with E-state index in [9.17, 15) is 23.9 Å². The first kappa shape index (κ1) is 20.7. The topological polar surface area (TPSA) is 116 Å². The molecule has 2 amide bonds. The quantitative estimate of drug-likeness (QED) is 0.462. The van der Waals surface area contributed by atoms with Crippen molar-refractivity contribution in [3.63, 3.8) is 0 Å². The van der Waals surface area contributed by atoms with Crippen LogP contribution in [0.5, 0.6) is 0 Å². The summed E-state index contributed by atoms with van der Waals surface area (Å²) in [5.74, 6) is -2.87. The van der Waals surface area contributed by atoms with Gasteiger partial charge in [0.05, 0.1) is 6.61 Å². The van der Waals surface area contributed by atoms with Crippen LogP contribution in [0.25, 0.3) is 0 Å². The van der Waals surface area contributed by atoms with Gasteiger partial charge in [-0.05, 0) is 6.07 Å². The van der Waals surface area contributed by atoms with E-state index in [4.69, 9.17) is 5.11 Å². The maximum atomic E-state index is 13.4. The van der Waals surface area contributed by atoms with Gasteiger partial charge in [0.2, 0.25) is 11.7 Å². The van der Waals surface area contributed by atoms with Crippen LogP contribution in [0.1, 0.15) is 25.8 Å². The molecule has 25 heavy (non-hydrogen) atoms. The fraction of sp³-hybridized carbons (Fsp3) is 0.471. The highest BCUT2D eigenvalue weighted by Gasteiger charge is 2.32. The number of benzene rings is 1. The molecule has 8 heteroatoms. The van der Waals surface area contributed by atoms with Crippen LogP contribution in [0.2, 0.25) is 0 Å². The Morgan fingerprint density at radius 1 is 1.20 bits per heavy atom. The molecule has 1 atom stereocenters. The van der Waals surface area contributed by atoms with Crippen molar-refractivity contribution < 1.29 is 29.0 Å². The third-order valence-electron chi connectivity index (χ3n) is 3.70. The Bertz CT molecular complexity index is 633. The van der Waals surface area contributed by atoms with Gasteiger partial charge in [0.15, 0.2) is 0 Å². The van der Waals surface area contributed by atoms with Gasteiger partial charge in [-0.25, -0.2) is 4.39 Å². The van der Waals surface area contributed by atoms with Crippen LogP contribution in [-0.2, 0) is 20.9 Å². The maximum Gasteiger partial charge on any atom is 0.287 e. The Hall–Kier alpha value is -2.32. The normalized spacial score (nSPS) is 12.4. The van der Waals surface area contributed by atoms with E-state index in [0.29, 0.717) is 0 Å². The molecule has 0 spiro atoms. The Balaban J connectivity index is 2.38.